The maximum absolute atomic E-state index is 12.5. The van der Waals surface area contributed by atoms with Crippen LogP contribution >= 0.6 is 0 Å². The summed E-state index contributed by atoms with van der Waals surface area (Å²) in [5.74, 6) is 1.23. The number of likely N-dealkylation sites (tertiary alicyclic amines) is 1. The van der Waals surface area contributed by atoms with E-state index in [0.717, 1.165) is 31.4 Å². The van der Waals surface area contributed by atoms with Crippen molar-refractivity contribution in [2.24, 2.45) is 5.73 Å². The Morgan fingerprint density at radius 3 is 2.86 bits per heavy atom. The molecule has 0 aromatic heterocycles. The summed E-state index contributed by atoms with van der Waals surface area (Å²) in [5.41, 5.74) is 7.10. The van der Waals surface area contributed by atoms with Crippen LogP contribution in [0.5, 0.6) is 11.5 Å². The Kier molecular flexibility index (Phi) is 5.66. The summed E-state index contributed by atoms with van der Waals surface area (Å²) in [6.07, 6.45) is 3.13. The lowest BCUT2D eigenvalue weighted by molar-refractivity contribution is -0.137. The van der Waals surface area contributed by atoms with E-state index in [2.05, 4.69) is 0 Å². The average Bonchev–Trinajstić information content (AvgIpc) is 2.53. The van der Waals surface area contributed by atoms with Gasteiger partial charge in [-0.1, -0.05) is 6.07 Å². The molecule has 1 amide bonds. The second-order valence-corrected chi connectivity index (χ2v) is 5.95. The Morgan fingerprint density at radius 2 is 2.18 bits per heavy atom. The number of amides is 1. The SMILES string of the molecule is COc1cc(C)ccc1OCC(=O)N1CCCC[C@@H]1[C@H](C)N. The molecule has 0 saturated carbocycles. The number of ether oxygens (including phenoxy) is 2. The first-order chi connectivity index (χ1) is 10.5. The normalized spacial score (nSPS) is 19.6. The average molecular weight is 306 g/mol. The minimum absolute atomic E-state index is 0.00960. The lowest BCUT2D eigenvalue weighted by Gasteiger charge is -2.38. The third-order valence-corrected chi connectivity index (χ3v) is 4.15. The van der Waals surface area contributed by atoms with Gasteiger partial charge in [0.15, 0.2) is 18.1 Å². The molecule has 1 saturated heterocycles. The summed E-state index contributed by atoms with van der Waals surface area (Å²) < 4.78 is 11.0. The second-order valence-electron chi connectivity index (χ2n) is 5.95. The van der Waals surface area contributed by atoms with E-state index in [1.165, 1.54) is 0 Å². The summed E-state index contributed by atoms with van der Waals surface area (Å²) in [6, 6.07) is 5.77. The van der Waals surface area contributed by atoms with Gasteiger partial charge in [-0.05, 0) is 50.8 Å². The van der Waals surface area contributed by atoms with E-state index < -0.39 is 0 Å². The molecule has 1 aliphatic rings. The highest BCUT2D eigenvalue weighted by Gasteiger charge is 2.29. The van der Waals surface area contributed by atoms with Gasteiger partial charge in [-0.3, -0.25) is 4.79 Å². The highest BCUT2D eigenvalue weighted by Crippen LogP contribution is 2.28. The van der Waals surface area contributed by atoms with E-state index in [9.17, 15) is 4.79 Å². The van der Waals surface area contributed by atoms with Crippen LogP contribution in [-0.2, 0) is 4.79 Å². The number of methoxy groups -OCH3 is 1. The van der Waals surface area contributed by atoms with Crippen molar-refractivity contribution in [2.75, 3.05) is 20.3 Å². The Labute approximate surface area is 132 Å². The molecular weight excluding hydrogens is 280 g/mol. The zero-order chi connectivity index (χ0) is 16.1. The quantitative estimate of drug-likeness (QED) is 0.905. The van der Waals surface area contributed by atoms with E-state index in [1.54, 1.807) is 7.11 Å². The van der Waals surface area contributed by atoms with Gasteiger partial charge in [0.2, 0.25) is 0 Å². The number of hydrogen-bond donors (Lipinski definition) is 1. The largest absolute Gasteiger partial charge is 0.493 e. The molecule has 1 fully saturated rings. The number of aryl methyl sites for hydroxylation is 1. The predicted octanol–water partition coefficient (Wildman–Crippen LogP) is 2.11. The minimum Gasteiger partial charge on any atom is -0.493 e. The first kappa shape index (κ1) is 16.6. The molecule has 0 unspecified atom stereocenters. The molecule has 1 aliphatic heterocycles. The van der Waals surface area contributed by atoms with Crippen molar-refractivity contribution in [2.45, 2.75) is 45.2 Å². The highest BCUT2D eigenvalue weighted by molar-refractivity contribution is 5.78. The molecule has 1 heterocycles. The molecule has 5 heteroatoms. The van der Waals surface area contributed by atoms with Gasteiger partial charge >= 0.3 is 0 Å². The summed E-state index contributed by atoms with van der Waals surface area (Å²) >= 11 is 0. The van der Waals surface area contributed by atoms with Gasteiger partial charge in [0.05, 0.1) is 7.11 Å². The summed E-state index contributed by atoms with van der Waals surface area (Å²) in [7, 11) is 1.60. The van der Waals surface area contributed by atoms with Gasteiger partial charge < -0.3 is 20.1 Å². The van der Waals surface area contributed by atoms with Gasteiger partial charge in [0.25, 0.3) is 5.91 Å². The molecule has 1 aromatic rings. The van der Waals surface area contributed by atoms with Crippen LogP contribution in [0.25, 0.3) is 0 Å². The number of hydrogen-bond acceptors (Lipinski definition) is 4. The van der Waals surface area contributed by atoms with E-state index in [1.807, 2.05) is 36.9 Å². The smallest absolute Gasteiger partial charge is 0.260 e. The topological polar surface area (TPSA) is 64.8 Å². The number of carbonyl (C=O) groups is 1. The van der Waals surface area contributed by atoms with Crippen LogP contribution in [0, 0.1) is 6.92 Å². The molecule has 0 radical (unpaired) electrons. The van der Waals surface area contributed by atoms with Gasteiger partial charge in [-0.15, -0.1) is 0 Å². The molecule has 2 rings (SSSR count). The highest BCUT2D eigenvalue weighted by atomic mass is 16.5. The molecule has 122 valence electrons. The summed E-state index contributed by atoms with van der Waals surface area (Å²) in [4.78, 5) is 14.3. The van der Waals surface area contributed by atoms with Crippen molar-refractivity contribution in [1.82, 2.24) is 4.90 Å². The number of piperidine rings is 1. The van der Waals surface area contributed by atoms with Crippen LogP contribution in [0.3, 0.4) is 0 Å². The first-order valence-corrected chi connectivity index (χ1v) is 7.85. The molecule has 0 bridgehead atoms. The molecular formula is C17H26N2O3. The Hall–Kier alpha value is -1.75. The molecule has 2 N–H and O–H groups in total. The standard InChI is InChI=1S/C17H26N2O3/c1-12-7-8-15(16(10-12)21-3)22-11-17(20)19-9-5-4-6-14(19)13(2)18/h7-8,10,13-14H,4-6,9,11,18H2,1-3H3/t13-,14+/m0/s1. The lowest BCUT2D eigenvalue weighted by Crippen LogP contribution is -2.52. The fourth-order valence-corrected chi connectivity index (χ4v) is 2.93. The van der Waals surface area contributed by atoms with Crippen molar-refractivity contribution in [3.8, 4) is 11.5 Å². The number of nitrogens with zero attached hydrogens (tertiary/aromatic N) is 1. The van der Waals surface area contributed by atoms with E-state index in [0.29, 0.717) is 11.5 Å². The molecule has 2 atom stereocenters. The van der Waals surface area contributed by atoms with Crippen molar-refractivity contribution < 1.29 is 14.3 Å². The van der Waals surface area contributed by atoms with Crippen LogP contribution in [-0.4, -0.2) is 43.2 Å². The zero-order valence-electron chi connectivity index (χ0n) is 13.7. The fourth-order valence-electron chi connectivity index (χ4n) is 2.93. The molecule has 0 aliphatic carbocycles. The van der Waals surface area contributed by atoms with E-state index in [4.69, 9.17) is 15.2 Å². The van der Waals surface area contributed by atoms with Crippen LogP contribution < -0.4 is 15.2 Å². The number of carbonyl (C=O) groups excluding carboxylic acids is 1. The van der Waals surface area contributed by atoms with Gasteiger partial charge in [-0.25, -0.2) is 0 Å². The lowest BCUT2D eigenvalue weighted by atomic mass is 9.97. The van der Waals surface area contributed by atoms with Crippen molar-refractivity contribution in [1.29, 1.82) is 0 Å². The minimum atomic E-state index is -0.0156. The van der Waals surface area contributed by atoms with Crippen molar-refractivity contribution in [3.63, 3.8) is 0 Å². The van der Waals surface area contributed by atoms with Crippen LogP contribution in [0.1, 0.15) is 31.7 Å². The molecule has 0 spiro atoms. The maximum Gasteiger partial charge on any atom is 0.260 e. The van der Waals surface area contributed by atoms with Crippen molar-refractivity contribution in [3.05, 3.63) is 23.8 Å². The fraction of sp³-hybridized carbons (Fsp3) is 0.588. The molecule has 1 aromatic carbocycles. The zero-order valence-corrected chi connectivity index (χ0v) is 13.7. The number of rotatable bonds is 5. The molecule has 22 heavy (non-hydrogen) atoms. The van der Waals surface area contributed by atoms with E-state index in [-0.39, 0.29) is 24.6 Å². The third-order valence-electron chi connectivity index (χ3n) is 4.15. The third kappa shape index (κ3) is 3.91. The monoisotopic (exact) mass is 306 g/mol. The van der Waals surface area contributed by atoms with E-state index >= 15 is 0 Å². The number of benzene rings is 1. The van der Waals surface area contributed by atoms with Crippen LogP contribution in [0.2, 0.25) is 0 Å². The summed E-state index contributed by atoms with van der Waals surface area (Å²) in [6.45, 7) is 4.72. The Morgan fingerprint density at radius 1 is 1.41 bits per heavy atom. The maximum atomic E-state index is 12.5. The van der Waals surface area contributed by atoms with Crippen molar-refractivity contribution >= 4 is 5.91 Å². The van der Waals surface area contributed by atoms with Crippen LogP contribution in [0.4, 0.5) is 0 Å². The van der Waals surface area contributed by atoms with Gasteiger partial charge in [0.1, 0.15) is 0 Å². The Bertz CT molecular complexity index is 517. The predicted molar refractivity (Wildman–Crippen MR) is 86.2 cm³/mol. The first-order valence-electron chi connectivity index (χ1n) is 7.85. The van der Waals surface area contributed by atoms with Gasteiger partial charge in [0, 0.05) is 18.6 Å². The Balaban J connectivity index is 2.00. The molecule has 5 nitrogen and oxygen atoms in total. The second kappa shape index (κ2) is 7.49. The van der Waals surface area contributed by atoms with Gasteiger partial charge in [-0.2, -0.15) is 0 Å². The summed E-state index contributed by atoms with van der Waals surface area (Å²) in [5, 5.41) is 0. The van der Waals surface area contributed by atoms with Crippen LogP contribution in [0.15, 0.2) is 18.2 Å². The number of nitrogens with two attached hydrogens (primary N) is 1.